The Balaban J connectivity index is 2.45. The standard InChI is InChI=1S/C12H10BrNO4S2/c1-7-2-3-10(8(6-7)11(15)16)14-20(17,18)12-9(13)4-5-19-12/h2-6,14H,1H3,(H,15,16). The van der Waals surface area contributed by atoms with E-state index in [0.29, 0.717) is 4.47 Å². The quantitative estimate of drug-likeness (QED) is 0.858. The van der Waals surface area contributed by atoms with Crippen molar-refractivity contribution in [3.63, 3.8) is 0 Å². The maximum atomic E-state index is 12.2. The third kappa shape index (κ3) is 3.02. The Hall–Kier alpha value is -1.38. The Labute approximate surface area is 128 Å². The smallest absolute Gasteiger partial charge is 0.337 e. The molecule has 0 unspecified atom stereocenters. The summed E-state index contributed by atoms with van der Waals surface area (Å²) < 4.78 is 27.3. The van der Waals surface area contributed by atoms with Gasteiger partial charge in [0.25, 0.3) is 10.0 Å². The summed E-state index contributed by atoms with van der Waals surface area (Å²) in [7, 11) is -3.81. The summed E-state index contributed by atoms with van der Waals surface area (Å²) in [6.45, 7) is 1.74. The van der Waals surface area contributed by atoms with Gasteiger partial charge in [0.15, 0.2) is 4.21 Å². The molecule has 2 aromatic rings. The molecule has 5 nitrogen and oxygen atoms in total. The van der Waals surface area contributed by atoms with Crippen LogP contribution in [-0.4, -0.2) is 19.5 Å². The van der Waals surface area contributed by atoms with Crippen molar-refractivity contribution in [3.8, 4) is 0 Å². The summed E-state index contributed by atoms with van der Waals surface area (Å²) in [5, 5.41) is 10.8. The molecular formula is C12H10BrNO4S2. The van der Waals surface area contributed by atoms with Crippen molar-refractivity contribution in [1.29, 1.82) is 0 Å². The molecule has 0 radical (unpaired) electrons. The molecule has 0 amide bonds. The van der Waals surface area contributed by atoms with E-state index >= 15 is 0 Å². The monoisotopic (exact) mass is 375 g/mol. The van der Waals surface area contributed by atoms with Gasteiger partial charge in [-0.25, -0.2) is 13.2 Å². The summed E-state index contributed by atoms with van der Waals surface area (Å²) in [5.74, 6) is -1.18. The van der Waals surface area contributed by atoms with Gasteiger partial charge in [0.1, 0.15) is 0 Å². The van der Waals surface area contributed by atoms with Gasteiger partial charge in [-0.1, -0.05) is 11.6 Å². The van der Waals surface area contributed by atoms with Gasteiger partial charge in [-0.15, -0.1) is 11.3 Å². The molecule has 0 fully saturated rings. The lowest BCUT2D eigenvalue weighted by Gasteiger charge is -2.10. The number of sulfonamides is 1. The Kier molecular flexibility index (Phi) is 4.17. The van der Waals surface area contributed by atoms with Crippen LogP contribution >= 0.6 is 27.3 Å². The maximum Gasteiger partial charge on any atom is 0.337 e. The van der Waals surface area contributed by atoms with Gasteiger partial charge in [-0.2, -0.15) is 0 Å². The van der Waals surface area contributed by atoms with Gasteiger partial charge in [0, 0.05) is 4.47 Å². The van der Waals surface area contributed by atoms with Gasteiger partial charge in [0.05, 0.1) is 11.3 Å². The maximum absolute atomic E-state index is 12.2. The minimum atomic E-state index is -3.81. The van der Waals surface area contributed by atoms with Gasteiger partial charge in [0.2, 0.25) is 0 Å². The molecule has 0 bridgehead atoms. The van der Waals surface area contributed by atoms with Crippen LogP contribution in [0, 0.1) is 6.92 Å². The zero-order valence-corrected chi connectivity index (χ0v) is 13.5. The molecule has 1 aromatic heterocycles. The zero-order chi connectivity index (χ0) is 14.9. The van der Waals surface area contributed by atoms with E-state index in [1.54, 1.807) is 24.4 Å². The number of hydrogen-bond acceptors (Lipinski definition) is 4. The van der Waals surface area contributed by atoms with Crippen molar-refractivity contribution in [3.05, 3.63) is 45.2 Å². The van der Waals surface area contributed by atoms with Crippen LogP contribution in [0.25, 0.3) is 0 Å². The fourth-order valence-corrected chi connectivity index (χ4v) is 5.01. The van der Waals surface area contributed by atoms with Gasteiger partial charge in [-0.05, 0) is 46.4 Å². The lowest BCUT2D eigenvalue weighted by molar-refractivity contribution is 0.0698. The molecule has 2 rings (SSSR count). The number of benzene rings is 1. The van der Waals surface area contributed by atoms with Crippen molar-refractivity contribution in [2.75, 3.05) is 4.72 Å². The fraction of sp³-hybridized carbons (Fsp3) is 0.0833. The highest BCUT2D eigenvalue weighted by Crippen LogP contribution is 2.30. The minimum Gasteiger partial charge on any atom is -0.478 e. The lowest BCUT2D eigenvalue weighted by Crippen LogP contribution is -2.15. The Bertz CT molecular complexity index is 768. The van der Waals surface area contributed by atoms with Crippen molar-refractivity contribution in [2.45, 2.75) is 11.1 Å². The Morgan fingerprint density at radius 3 is 2.60 bits per heavy atom. The van der Waals surface area contributed by atoms with Gasteiger partial charge in [-0.3, -0.25) is 4.72 Å². The SMILES string of the molecule is Cc1ccc(NS(=O)(=O)c2sccc2Br)c(C(=O)O)c1. The van der Waals surface area contributed by atoms with Gasteiger partial charge < -0.3 is 5.11 Å². The first-order chi connectivity index (χ1) is 9.31. The fourth-order valence-electron chi connectivity index (χ4n) is 1.59. The molecule has 0 saturated carbocycles. The van der Waals surface area contributed by atoms with Crippen molar-refractivity contribution < 1.29 is 18.3 Å². The van der Waals surface area contributed by atoms with E-state index in [9.17, 15) is 13.2 Å². The number of carboxylic acids is 1. The molecule has 0 saturated heterocycles. The average molecular weight is 376 g/mol. The summed E-state index contributed by atoms with van der Waals surface area (Å²) in [6.07, 6.45) is 0. The van der Waals surface area contributed by atoms with Crippen molar-refractivity contribution >= 4 is 48.9 Å². The molecule has 0 aliphatic carbocycles. The van der Waals surface area contributed by atoms with Crippen molar-refractivity contribution in [1.82, 2.24) is 0 Å². The molecular weight excluding hydrogens is 366 g/mol. The molecule has 0 atom stereocenters. The van der Waals surface area contributed by atoms with Crippen LogP contribution in [0.5, 0.6) is 0 Å². The highest BCUT2D eigenvalue weighted by molar-refractivity contribution is 9.10. The number of aromatic carboxylic acids is 1. The van der Waals surface area contributed by atoms with E-state index < -0.39 is 16.0 Å². The third-order valence-electron chi connectivity index (χ3n) is 2.48. The summed E-state index contributed by atoms with van der Waals surface area (Å²) >= 11 is 4.20. The topological polar surface area (TPSA) is 83.5 Å². The van der Waals surface area contributed by atoms with Crippen molar-refractivity contribution in [2.24, 2.45) is 0 Å². The molecule has 20 heavy (non-hydrogen) atoms. The number of halogens is 1. The molecule has 8 heteroatoms. The number of aryl methyl sites for hydroxylation is 1. The first-order valence-electron chi connectivity index (χ1n) is 5.41. The van der Waals surface area contributed by atoms with Crippen LogP contribution in [0.2, 0.25) is 0 Å². The van der Waals surface area contributed by atoms with E-state index in [0.717, 1.165) is 16.9 Å². The molecule has 0 aliphatic heterocycles. The normalized spacial score (nSPS) is 11.3. The molecule has 106 valence electrons. The summed E-state index contributed by atoms with van der Waals surface area (Å²) in [5.41, 5.74) is 0.701. The summed E-state index contributed by atoms with van der Waals surface area (Å²) in [6, 6.07) is 6.13. The Morgan fingerprint density at radius 1 is 1.35 bits per heavy atom. The molecule has 1 aromatic carbocycles. The van der Waals surface area contributed by atoms with Crippen LogP contribution in [0.3, 0.4) is 0 Å². The van der Waals surface area contributed by atoms with E-state index in [4.69, 9.17) is 5.11 Å². The second-order valence-electron chi connectivity index (χ2n) is 4.02. The second-order valence-corrected chi connectivity index (χ2v) is 7.66. The van der Waals surface area contributed by atoms with E-state index in [2.05, 4.69) is 20.7 Å². The summed E-state index contributed by atoms with van der Waals surface area (Å²) in [4.78, 5) is 11.2. The van der Waals surface area contributed by atoms with Gasteiger partial charge >= 0.3 is 5.97 Å². The number of anilines is 1. The average Bonchev–Trinajstić information content (AvgIpc) is 2.78. The predicted molar refractivity (Wildman–Crippen MR) is 81.0 cm³/mol. The molecule has 2 N–H and O–H groups in total. The van der Waals surface area contributed by atoms with E-state index in [1.807, 2.05) is 0 Å². The molecule has 0 spiro atoms. The number of carboxylic acid groups (broad SMARTS) is 1. The van der Waals surface area contributed by atoms with Crippen LogP contribution in [0.4, 0.5) is 5.69 Å². The highest BCUT2D eigenvalue weighted by atomic mass is 79.9. The van der Waals surface area contributed by atoms with E-state index in [1.165, 1.54) is 12.1 Å². The highest BCUT2D eigenvalue weighted by Gasteiger charge is 2.22. The molecule has 0 aliphatic rings. The largest absolute Gasteiger partial charge is 0.478 e. The van der Waals surface area contributed by atoms with Crippen LogP contribution < -0.4 is 4.72 Å². The van der Waals surface area contributed by atoms with Crippen LogP contribution in [0.15, 0.2) is 38.3 Å². The first kappa shape index (κ1) is 15.0. The molecule has 1 heterocycles. The zero-order valence-electron chi connectivity index (χ0n) is 10.3. The Morgan fingerprint density at radius 2 is 2.05 bits per heavy atom. The number of rotatable bonds is 4. The predicted octanol–water partition coefficient (Wildman–Crippen LogP) is 3.32. The number of nitrogens with one attached hydrogen (secondary N) is 1. The third-order valence-corrected chi connectivity index (χ3v) is 6.51. The number of carbonyl (C=O) groups is 1. The lowest BCUT2D eigenvalue weighted by atomic mass is 10.1. The minimum absolute atomic E-state index is 0.0448. The second kappa shape index (κ2) is 5.55. The number of hydrogen-bond donors (Lipinski definition) is 2. The van der Waals surface area contributed by atoms with Crippen LogP contribution in [-0.2, 0) is 10.0 Å². The van der Waals surface area contributed by atoms with Crippen LogP contribution in [0.1, 0.15) is 15.9 Å². The first-order valence-corrected chi connectivity index (χ1v) is 8.56. The number of thiophene rings is 1. The van der Waals surface area contributed by atoms with E-state index in [-0.39, 0.29) is 15.5 Å².